The molecule has 2 fully saturated rings. The fourth-order valence-corrected chi connectivity index (χ4v) is 2.42. The summed E-state index contributed by atoms with van der Waals surface area (Å²) in [7, 11) is 0. The first-order valence-corrected chi connectivity index (χ1v) is 7.37. The van der Waals surface area contributed by atoms with Crippen LogP contribution < -0.4 is 10.2 Å². The zero-order valence-electron chi connectivity index (χ0n) is 11.7. The van der Waals surface area contributed by atoms with Gasteiger partial charge in [0.1, 0.15) is 0 Å². The van der Waals surface area contributed by atoms with Crippen LogP contribution in [0.15, 0.2) is 12.4 Å². The maximum atomic E-state index is 4.51. The van der Waals surface area contributed by atoms with E-state index < -0.39 is 0 Å². The third-order valence-electron chi connectivity index (χ3n) is 3.97. The lowest BCUT2D eigenvalue weighted by atomic mass is 10.3. The molecule has 1 N–H and O–H groups in total. The van der Waals surface area contributed by atoms with Crippen LogP contribution in [0.5, 0.6) is 0 Å². The fraction of sp³-hybridized carbons (Fsp3) is 0.714. The van der Waals surface area contributed by atoms with Gasteiger partial charge in [-0.15, -0.1) is 0 Å². The molecule has 5 nitrogen and oxygen atoms in total. The van der Waals surface area contributed by atoms with Gasteiger partial charge in [0.2, 0.25) is 5.95 Å². The van der Waals surface area contributed by atoms with Gasteiger partial charge < -0.3 is 15.1 Å². The summed E-state index contributed by atoms with van der Waals surface area (Å²) in [6.45, 7) is 8.56. The molecule has 0 bridgehead atoms. The highest BCUT2D eigenvalue weighted by atomic mass is 15.3. The number of hydrogen-bond donors (Lipinski definition) is 1. The van der Waals surface area contributed by atoms with Gasteiger partial charge in [0.05, 0.1) is 0 Å². The van der Waals surface area contributed by atoms with Crippen LogP contribution in [-0.4, -0.2) is 53.6 Å². The summed E-state index contributed by atoms with van der Waals surface area (Å²) in [5.74, 6) is 0.880. The van der Waals surface area contributed by atoms with E-state index in [4.69, 9.17) is 0 Å². The van der Waals surface area contributed by atoms with Crippen molar-refractivity contribution in [3.63, 3.8) is 0 Å². The molecule has 5 heteroatoms. The van der Waals surface area contributed by atoms with Gasteiger partial charge in [0, 0.05) is 56.7 Å². The third-order valence-corrected chi connectivity index (χ3v) is 3.97. The molecular formula is C14H23N5. The van der Waals surface area contributed by atoms with Crippen LogP contribution in [0.3, 0.4) is 0 Å². The summed E-state index contributed by atoms with van der Waals surface area (Å²) < 4.78 is 0. The Kier molecular flexibility index (Phi) is 3.94. The highest BCUT2D eigenvalue weighted by Crippen LogP contribution is 2.19. The number of likely N-dealkylation sites (N-methyl/N-ethyl adjacent to an activating group) is 1. The molecule has 1 saturated carbocycles. The summed E-state index contributed by atoms with van der Waals surface area (Å²) in [6, 6.07) is 0.738. The summed E-state index contributed by atoms with van der Waals surface area (Å²) in [6.07, 6.45) is 6.56. The Morgan fingerprint density at radius 2 is 1.84 bits per heavy atom. The second-order valence-electron chi connectivity index (χ2n) is 5.47. The highest BCUT2D eigenvalue weighted by molar-refractivity contribution is 5.30. The SMILES string of the molecule is CCN1CCN(c2ncc(CNC3CC3)cn2)CC1. The first-order valence-electron chi connectivity index (χ1n) is 7.37. The maximum absolute atomic E-state index is 4.51. The van der Waals surface area contributed by atoms with E-state index in [1.165, 1.54) is 18.4 Å². The van der Waals surface area contributed by atoms with Gasteiger partial charge in [-0.1, -0.05) is 6.92 Å². The van der Waals surface area contributed by atoms with E-state index in [-0.39, 0.29) is 0 Å². The van der Waals surface area contributed by atoms with E-state index in [1.807, 2.05) is 12.4 Å². The van der Waals surface area contributed by atoms with E-state index in [0.717, 1.165) is 51.3 Å². The van der Waals surface area contributed by atoms with Crippen molar-refractivity contribution in [1.82, 2.24) is 20.2 Å². The Morgan fingerprint density at radius 3 is 2.42 bits per heavy atom. The number of nitrogens with one attached hydrogen (secondary N) is 1. The van der Waals surface area contributed by atoms with Crippen molar-refractivity contribution in [2.75, 3.05) is 37.6 Å². The van der Waals surface area contributed by atoms with Crippen molar-refractivity contribution in [1.29, 1.82) is 0 Å². The molecule has 1 saturated heterocycles. The first-order chi connectivity index (χ1) is 9.35. The van der Waals surface area contributed by atoms with Crippen molar-refractivity contribution >= 4 is 5.95 Å². The average Bonchev–Trinajstić information content (AvgIpc) is 3.30. The maximum Gasteiger partial charge on any atom is 0.225 e. The van der Waals surface area contributed by atoms with E-state index in [9.17, 15) is 0 Å². The van der Waals surface area contributed by atoms with Crippen LogP contribution in [0.1, 0.15) is 25.3 Å². The predicted molar refractivity (Wildman–Crippen MR) is 76.2 cm³/mol. The normalized spacial score (nSPS) is 20.8. The molecule has 104 valence electrons. The average molecular weight is 261 g/mol. The largest absolute Gasteiger partial charge is 0.338 e. The molecule has 0 atom stereocenters. The molecule has 1 aliphatic heterocycles. The van der Waals surface area contributed by atoms with Crippen molar-refractivity contribution in [3.8, 4) is 0 Å². The number of nitrogens with zero attached hydrogens (tertiary/aromatic N) is 4. The third kappa shape index (κ3) is 3.42. The Labute approximate surface area is 115 Å². The molecule has 0 radical (unpaired) electrons. The lowest BCUT2D eigenvalue weighted by Crippen LogP contribution is -2.46. The van der Waals surface area contributed by atoms with Gasteiger partial charge in [-0.2, -0.15) is 0 Å². The predicted octanol–water partition coefficient (Wildman–Crippen LogP) is 0.870. The van der Waals surface area contributed by atoms with Gasteiger partial charge in [-0.05, 0) is 19.4 Å². The lowest BCUT2D eigenvalue weighted by Gasteiger charge is -2.33. The first kappa shape index (κ1) is 12.8. The molecule has 0 amide bonds. The molecule has 1 aliphatic carbocycles. The van der Waals surface area contributed by atoms with Crippen molar-refractivity contribution < 1.29 is 0 Å². The van der Waals surface area contributed by atoms with E-state index >= 15 is 0 Å². The summed E-state index contributed by atoms with van der Waals surface area (Å²) in [5.41, 5.74) is 1.18. The topological polar surface area (TPSA) is 44.3 Å². The molecule has 3 rings (SSSR count). The van der Waals surface area contributed by atoms with Gasteiger partial charge in [0.15, 0.2) is 0 Å². The standard InChI is InChI=1S/C14H23N5/c1-2-18-5-7-19(8-6-18)14-16-10-12(11-17-14)9-15-13-3-4-13/h10-11,13,15H,2-9H2,1H3. The summed E-state index contributed by atoms with van der Waals surface area (Å²) in [5, 5.41) is 3.49. The number of piperazine rings is 1. The Bertz CT molecular complexity index is 393. The second-order valence-corrected chi connectivity index (χ2v) is 5.47. The van der Waals surface area contributed by atoms with E-state index in [0.29, 0.717) is 0 Å². The minimum atomic E-state index is 0.738. The molecular weight excluding hydrogens is 238 g/mol. The highest BCUT2D eigenvalue weighted by Gasteiger charge is 2.20. The Morgan fingerprint density at radius 1 is 1.16 bits per heavy atom. The number of anilines is 1. The summed E-state index contributed by atoms with van der Waals surface area (Å²) >= 11 is 0. The van der Waals surface area contributed by atoms with Gasteiger partial charge in [-0.3, -0.25) is 0 Å². The zero-order valence-corrected chi connectivity index (χ0v) is 11.7. The quantitative estimate of drug-likeness (QED) is 0.852. The molecule has 1 aromatic rings. The lowest BCUT2D eigenvalue weighted by molar-refractivity contribution is 0.270. The van der Waals surface area contributed by atoms with Crippen molar-refractivity contribution in [3.05, 3.63) is 18.0 Å². The smallest absolute Gasteiger partial charge is 0.225 e. The van der Waals surface area contributed by atoms with E-state index in [1.54, 1.807) is 0 Å². The Hall–Kier alpha value is -1.20. The van der Waals surface area contributed by atoms with Crippen LogP contribution >= 0.6 is 0 Å². The number of aromatic nitrogens is 2. The minimum Gasteiger partial charge on any atom is -0.338 e. The molecule has 2 heterocycles. The van der Waals surface area contributed by atoms with Crippen LogP contribution in [0, 0.1) is 0 Å². The number of rotatable bonds is 5. The molecule has 1 aromatic heterocycles. The minimum absolute atomic E-state index is 0.738. The second kappa shape index (κ2) is 5.84. The van der Waals surface area contributed by atoms with Crippen LogP contribution in [-0.2, 0) is 6.54 Å². The van der Waals surface area contributed by atoms with E-state index in [2.05, 4.69) is 32.0 Å². The van der Waals surface area contributed by atoms with Crippen LogP contribution in [0.25, 0.3) is 0 Å². The van der Waals surface area contributed by atoms with Gasteiger partial charge in [0.25, 0.3) is 0 Å². The molecule has 0 spiro atoms. The summed E-state index contributed by atoms with van der Waals surface area (Å²) in [4.78, 5) is 13.8. The monoisotopic (exact) mass is 261 g/mol. The van der Waals surface area contributed by atoms with Gasteiger partial charge in [-0.25, -0.2) is 9.97 Å². The molecule has 0 unspecified atom stereocenters. The molecule has 2 aliphatic rings. The molecule has 19 heavy (non-hydrogen) atoms. The Balaban J connectivity index is 1.53. The zero-order chi connectivity index (χ0) is 13.1. The van der Waals surface area contributed by atoms with Gasteiger partial charge >= 0.3 is 0 Å². The van der Waals surface area contributed by atoms with Crippen LogP contribution in [0.4, 0.5) is 5.95 Å². The van der Waals surface area contributed by atoms with Crippen molar-refractivity contribution in [2.24, 2.45) is 0 Å². The number of hydrogen-bond acceptors (Lipinski definition) is 5. The van der Waals surface area contributed by atoms with Crippen LogP contribution in [0.2, 0.25) is 0 Å². The van der Waals surface area contributed by atoms with Crippen molar-refractivity contribution in [2.45, 2.75) is 32.4 Å². The fourth-order valence-electron chi connectivity index (χ4n) is 2.42. The molecule has 0 aromatic carbocycles.